The fourth-order valence-electron chi connectivity index (χ4n) is 3.20. The Bertz CT molecular complexity index is 1120. The molecule has 5 heteroatoms. The zero-order chi connectivity index (χ0) is 19.3. The van der Waals surface area contributed by atoms with Crippen LogP contribution in [0.5, 0.6) is 5.75 Å². The molecule has 2 aromatic heterocycles. The molecule has 0 aliphatic heterocycles. The summed E-state index contributed by atoms with van der Waals surface area (Å²) in [6, 6.07) is 21.9. The van der Waals surface area contributed by atoms with Gasteiger partial charge in [-0.15, -0.1) is 11.3 Å². The molecule has 0 amide bonds. The zero-order valence-electron chi connectivity index (χ0n) is 15.8. The summed E-state index contributed by atoms with van der Waals surface area (Å²) in [6.07, 6.45) is 1.76. The third kappa shape index (κ3) is 3.99. The SMILES string of the molecule is Cc1nc2sc(-c3ccccc3)cc2c(=O)n1CCCCOc1ccccc1. The Hall–Kier alpha value is -2.92. The minimum atomic E-state index is 0.0462. The molecular formula is C23H22N2O2S. The second-order valence-corrected chi connectivity index (χ2v) is 7.71. The summed E-state index contributed by atoms with van der Waals surface area (Å²) in [5.74, 6) is 1.65. The van der Waals surface area contributed by atoms with Crippen molar-refractivity contribution in [3.05, 3.63) is 82.9 Å². The first kappa shape index (κ1) is 18.4. The second kappa shape index (κ2) is 8.40. The largest absolute Gasteiger partial charge is 0.494 e. The van der Waals surface area contributed by atoms with Crippen LogP contribution >= 0.6 is 11.3 Å². The number of unbranched alkanes of at least 4 members (excludes halogenated alkanes) is 1. The average molecular weight is 391 g/mol. The fourth-order valence-corrected chi connectivity index (χ4v) is 4.28. The van der Waals surface area contributed by atoms with Crippen LogP contribution in [0.15, 0.2) is 71.5 Å². The lowest BCUT2D eigenvalue weighted by atomic mass is 10.2. The average Bonchev–Trinajstić information content (AvgIpc) is 3.15. The quantitative estimate of drug-likeness (QED) is 0.403. The summed E-state index contributed by atoms with van der Waals surface area (Å²) in [6.45, 7) is 3.20. The molecule has 0 unspecified atom stereocenters. The van der Waals surface area contributed by atoms with Crippen LogP contribution in [-0.2, 0) is 6.54 Å². The van der Waals surface area contributed by atoms with Crippen LogP contribution in [0.3, 0.4) is 0 Å². The van der Waals surface area contributed by atoms with Crippen molar-refractivity contribution in [3.8, 4) is 16.2 Å². The van der Waals surface area contributed by atoms with Gasteiger partial charge >= 0.3 is 0 Å². The van der Waals surface area contributed by atoms with Gasteiger partial charge in [0.25, 0.3) is 5.56 Å². The molecule has 4 aromatic rings. The van der Waals surface area contributed by atoms with Crippen LogP contribution in [0.2, 0.25) is 0 Å². The first-order valence-corrected chi connectivity index (χ1v) is 10.3. The van der Waals surface area contributed by atoms with Crippen LogP contribution in [-0.4, -0.2) is 16.2 Å². The molecule has 4 rings (SSSR count). The number of thiophene rings is 1. The minimum absolute atomic E-state index is 0.0462. The first-order valence-electron chi connectivity index (χ1n) is 9.46. The molecule has 0 bridgehead atoms. The van der Waals surface area contributed by atoms with E-state index >= 15 is 0 Å². The molecule has 2 heterocycles. The molecule has 0 atom stereocenters. The highest BCUT2D eigenvalue weighted by Gasteiger charge is 2.12. The highest BCUT2D eigenvalue weighted by atomic mass is 32.1. The van der Waals surface area contributed by atoms with E-state index in [2.05, 4.69) is 17.1 Å². The van der Waals surface area contributed by atoms with Crippen LogP contribution in [0.1, 0.15) is 18.7 Å². The Balaban J connectivity index is 1.46. The normalized spacial score (nSPS) is 11.0. The summed E-state index contributed by atoms with van der Waals surface area (Å²) < 4.78 is 7.51. The lowest BCUT2D eigenvalue weighted by molar-refractivity contribution is 0.302. The van der Waals surface area contributed by atoms with Crippen molar-refractivity contribution in [1.82, 2.24) is 9.55 Å². The highest BCUT2D eigenvalue weighted by Crippen LogP contribution is 2.30. The van der Waals surface area contributed by atoms with Crippen molar-refractivity contribution < 1.29 is 4.74 Å². The molecule has 0 fully saturated rings. The second-order valence-electron chi connectivity index (χ2n) is 6.68. The molecule has 0 saturated heterocycles. The number of aryl methyl sites for hydroxylation is 1. The number of aromatic nitrogens is 2. The van der Waals surface area contributed by atoms with E-state index in [1.807, 2.05) is 61.5 Å². The lowest BCUT2D eigenvalue weighted by Crippen LogP contribution is -2.23. The number of hydrogen-bond acceptors (Lipinski definition) is 4. The Morgan fingerprint density at radius 1 is 1.00 bits per heavy atom. The highest BCUT2D eigenvalue weighted by molar-refractivity contribution is 7.21. The third-order valence-corrected chi connectivity index (χ3v) is 5.77. The van der Waals surface area contributed by atoms with Crippen molar-refractivity contribution in [2.24, 2.45) is 0 Å². The summed E-state index contributed by atoms with van der Waals surface area (Å²) in [4.78, 5) is 19.5. The number of hydrogen-bond donors (Lipinski definition) is 0. The lowest BCUT2D eigenvalue weighted by Gasteiger charge is -2.10. The van der Waals surface area contributed by atoms with Gasteiger partial charge in [0.05, 0.1) is 12.0 Å². The van der Waals surface area contributed by atoms with Crippen LogP contribution in [0.4, 0.5) is 0 Å². The maximum absolute atomic E-state index is 13.0. The Morgan fingerprint density at radius 3 is 2.46 bits per heavy atom. The Kier molecular flexibility index (Phi) is 5.53. The first-order chi connectivity index (χ1) is 13.7. The number of rotatable bonds is 7. The summed E-state index contributed by atoms with van der Waals surface area (Å²) in [7, 11) is 0. The number of nitrogens with zero attached hydrogens (tertiary/aromatic N) is 2. The fraction of sp³-hybridized carbons (Fsp3) is 0.217. The predicted octanol–water partition coefficient (Wildman–Crippen LogP) is 5.29. The smallest absolute Gasteiger partial charge is 0.262 e. The molecule has 2 aromatic carbocycles. The molecule has 4 nitrogen and oxygen atoms in total. The Morgan fingerprint density at radius 2 is 1.71 bits per heavy atom. The van der Waals surface area contributed by atoms with Crippen molar-refractivity contribution >= 4 is 21.6 Å². The molecular weight excluding hydrogens is 368 g/mol. The van der Waals surface area contributed by atoms with E-state index in [0.717, 1.165) is 39.7 Å². The number of para-hydroxylation sites is 1. The molecule has 0 aliphatic carbocycles. The molecule has 0 spiro atoms. The standard InChI is InChI=1S/C23H22N2O2S/c1-17-24-22-20(16-21(28-22)18-10-4-2-5-11-18)23(26)25(17)14-8-9-15-27-19-12-6-3-7-13-19/h2-7,10-13,16H,8-9,14-15H2,1H3. The molecule has 0 radical (unpaired) electrons. The van der Waals surface area contributed by atoms with Crippen LogP contribution in [0, 0.1) is 6.92 Å². The summed E-state index contributed by atoms with van der Waals surface area (Å²) in [5.41, 5.74) is 1.16. The number of ether oxygens (including phenoxy) is 1. The van der Waals surface area contributed by atoms with E-state index in [1.54, 1.807) is 15.9 Å². The number of fused-ring (bicyclic) bond motifs is 1. The molecule has 0 N–H and O–H groups in total. The maximum Gasteiger partial charge on any atom is 0.262 e. The van der Waals surface area contributed by atoms with Gasteiger partial charge in [-0.05, 0) is 43.5 Å². The van der Waals surface area contributed by atoms with Gasteiger partial charge < -0.3 is 4.74 Å². The van der Waals surface area contributed by atoms with Gasteiger partial charge in [0.2, 0.25) is 0 Å². The number of benzene rings is 2. The summed E-state index contributed by atoms with van der Waals surface area (Å²) in [5, 5.41) is 0.704. The van der Waals surface area contributed by atoms with Crippen molar-refractivity contribution in [3.63, 3.8) is 0 Å². The van der Waals surface area contributed by atoms with Crippen molar-refractivity contribution in [2.75, 3.05) is 6.61 Å². The van der Waals surface area contributed by atoms with Gasteiger partial charge in [0.1, 0.15) is 16.4 Å². The monoisotopic (exact) mass is 390 g/mol. The van der Waals surface area contributed by atoms with Gasteiger partial charge in [-0.1, -0.05) is 48.5 Å². The molecule has 142 valence electrons. The Labute approximate surface area is 168 Å². The van der Waals surface area contributed by atoms with E-state index in [-0.39, 0.29) is 5.56 Å². The van der Waals surface area contributed by atoms with Crippen molar-refractivity contribution in [2.45, 2.75) is 26.3 Å². The van der Waals surface area contributed by atoms with Gasteiger partial charge in [-0.25, -0.2) is 4.98 Å². The van der Waals surface area contributed by atoms with Gasteiger partial charge in [0, 0.05) is 11.4 Å². The molecule has 0 saturated carbocycles. The van der Waals surface area contributed by atoms with Gasteiger partial charge in [-0.2, -0.15) is 0 Å². The van der Waals surface area contributed by atoms with E-state index in [9.17, 15) is 4.79 Å². The predicted molar refractivity (Wildman–Crippen MR) is 115 cm³/mol. The topological polar surface area (TPSA) is 44.1 Å². The van der Waals surface area contributed by atoms with Crippen LogP contribution < -0.4 is 10.3 Å². The third-order valence-electron chi connectivity index (χ3n) is 4.69. The zero-order valence-corrected chi connectivity index (χ0v) is 16.6. The molecule has 28 heavy (non-hydrogen) atoms. The van der Waals surface area contributed by atoms with Gasteiger partial charge in [0.15, 0.2) is 0 Å². The van der Waals surface area contributed by atoms with Crippen molar-refractivity contribution in [1.29, 1.82) is 0 Å². The van der Waals surface area contributed by atoms with E-state index in [0.29, 0.717) is 18.5 Å². The van der Waals surface area contributed by atoms with Crippen LogP contribution in [0.25, 0.3) is 20.7 Å². The molecule has 0 aliphatic rings. The van der Waals surface area contributed by atoms with E-state index < -0.39 is 0 Å². The minimum Gasteiger partial charge on any atom is -0.494 e. The van der Waals surface area contributed by atoms with Gasteiger partial charge in [-0.3, -0.25) is 9.36 Å². The van der Waals surface area contributed by atoms with E-state index in [4.69, 9.17) is 4.74 Å². The summed E-state index contributed by atoms with van der Waals surface area (Å²) >= 11 is 1.57. The van der Waals surface area contributed by atoms with E-state index in [1.165, 1.54) is 0 Å². The maximum atomic E-state index is 13.0.